The highest BCUT2D eigenvalue weighted by atomic mass is 79.9. The zero-order chi connectivity index (χ0) is 8.10. The van der Waals surface area contributed by atoms with Gasteiger partial charge in [0.2, 0.25) is 0 Å². The van der Waals surface area contributed by atoms with Gasteiger partial charge in [-0.15, -0.1) is 0 Å². The Morgan fingerprint density at radius 1 is 1.36 bits per heavy atom. The maximum Gasteiger partial charge on any atom is 0.126 e. The summed E-state index contributed by atoms with van der Waals surface area (Å²) in [6.45, 7) is 0. The normalized spacial score (nSPS) is 10.4. The summed E-state index contributed by atoms with van der Waals surface area (Å²) in [6.07, 6.45) is 1.94. The lowest BCUT2D eigenvalue weighted by Crippen LogP contribution is -1.84. The Hall–Kier alpha value is -0.760. The van der Waals surface area contributed by atoms with E-state index in [1.807, 2.05) is 35.3 Å². The van der Waals surface area contributed by atoms with Crippen LogP contribution in [0.2, 0.25) is 0 Å². The molecule has 0 saturated heterocycles. The van der Waals surface area contributed by atoms with Gasteiger partial charge in [-0.25, -0.2) is 0 Å². The topological polar surface area (TPSA) is 9.23 Å². The molecule has 1 nitrogen and oxygen atoms in total. The van der Waals surface area contributed by atoms with Crippen LogP contribution in [0, 0.1) is 0 Å². The van der Waals surface area contributed by atoms with Crippen molar-refractivity contribution >= 4 is 22.0 Å². The van der Waals surface area contributed by atoms with Crippen LogP contribution >= 0.6 is 15.9 Å². The van der Waals surface area contributed by atoms with Crippen molar-refractivity contribution in [1.82, 2.24) is 0 Å². The first-order chi connectivity index (χ1) is 5.38. The molecule has 0 N–H and O–H groups in total. The molecule has 58 valence electrons. The van der Waals surface area contributed by atoms with Gasteiger partial charge in [-0.1, -0.05) is 34.1 Å². The lowest BCUT2D eigenvalue weighted by atomic mass is 10.2. The number of halogens is 1. The molecule has 1 aromatic carbocycles. The monoisotopic (exact) mass is 212 g/mol. The van der Waals surface area contributed by atoms with E-state index in [1.165, 1.54) is 0 Å². The highest BCUT2D eigenvalue weighted by Gasteiger charge is 1.94. The molecule has 0 spiro atoms. The smallest absolute Gasteiger partial charge is 0.126 e. The number of ether oxygens (including phenoxy) is 1. The second-order valence-electron chi connectivity index (χ2n) is 2.03. The van der Waals surface area contributed by atoms with Gasteiger partial charge in [-0.2, -0.15) is 0 Å². The van der Waals surface area contributed by atoms with Crippen molar-refractivity contribution in [3.8, 4) is 5.75 Å². The van der Waals surface area contributed by atoms with E-state index < -0.39 is 0 Å². The third-order valence-corrected chi connectivity index (χ3v) is 1.65. The predicted octanol–water partition coefficient (Wildman–Crippen LogP) is 3.06. The van der Waals surface area contributed by atoms with Crippen LogP contribution in [0.25, 0.3) is 6.08 Å². The quantitative estimate of drug-likeness (QED) is 0.733. The van der Waals surface area contributed by atoms with Crippen molar-refractivity contribution in [1.29, 1.82) is 0 Å². The van der Waals surface area contributed by atoms with Crippen molar-refractivity contribution < 1.29 is 4.74 Å². The summed E-state index contributed by atoms with van der Waals surface area (Å²) in [5.74, 6) is 0.892. The molecule has 0 bridgehead atoms. The number of hydrogen-bond acceptors (Lipinski definition) is 1. The van der Waals surface area contributed by atoms with Gasteiger partial charge in [-0.05, 0) is 17.1 Å². The lowest BCUT2D eigenvalue weighted by molar-refractivity contribution is 0.414. The van der Waals surface area contributed by atoms with E-state index in [9.17, 15) is 0 Å². The Balaban J connectivity index is 3.02. The Kier molecular flexibility index (Phi) is 3.17. The van der Waals surface area contributed by atoms with Gasteiger partial charge >= 0.3 is 0 Å². The minimum atomic E-state index is 0.892. The molecule has 0 atom stereocenters. The number of rotatable bonds is 2. The third kappa shape index (κ3) is 2.09. The van der Waals surface area contributed by atoms with Crippen LogP contribution in [0.1, 0.15) is 5.56 Å². The fraction of sp³-hybridized carbons (Fsp3) is 0.111. The molecule has 0 radical (unpaired) electrons. The highest BCUT2D eigenvalue weighted by molar-refractivity contribution is 9.11. The zero-order valence-corrected chi connectivity index (χ0v) is 7.84. The van der Waals surface area contributed by atoms with Crippen molar-refractivity contribution in [2.75, 3.05) is 7.11 Å². The number of hydrogen-bond donors (Lipinski definition) is 0. The van der Waals surface area contributed by atoms with E-state index >= 15 is 0 Å². The van der Waals surface area contributed by atoms with E-state index in [1.54, 1.807) is 7.11 Å². The SMILES string of the molecule is COc1ccccc1C=CBr. The van der Waals surface area contributed by atoms with Gasteiger partial charge in [0.15, 0.2) is 0 Å². The molecule has 0 unspecified atom stereocenters. The van der Waals surface area contributed by atoms with Gasteiger partial charge in [0.25, 0.3) is 0 Å². The molecule has 1 rings (SSSR count). The first kappa shape index (κ1) is 8.34. The second kappa shape index (κ2) is 4.19. The molecule has 1 aromatic rings. The summed E-state index contributed by atoms with van der Waals surface area (Å²) in [5, 5.41) is 0. The Morgan fingerprint density at radius 2 is 2.09 bits per heavy atom. The van der Waals surface area contributed by atoms with Crippen LogP contribution < -0.4 is 4.74 Å². The molecule has 0 aliphatic rings. The summed E-state index contributed by atoms with van der Waals surface area (Å²) in [4.78, 5) is 1.81. The maximum absolute atomic E-state index is 5.13. The van der Waals surface area contributed by atoms with Crippen LogP contribution in [0.3, 0.4) is 0 Å². The summed E-state index contributed by atoms with van der Waals surface area (Å²) in [6, 6.07) is 7.86. The Bertz CT molecular complexity index is 255. The van der Waals surface area contributed by atoms with Crippen LogP contribution in [0.15, 0.2) is 29.3 Å². The van der Waals surface area contributed by atoms with E-state index in [0.29, 0.717) is 0 Å². The van der Waals surface area contributed by atoms with Crippen molar-refractivity contribution in [2.45, 2.75) is 0 Å². The molecule has 0 amide bonds. The summed E-state index contributed by atoms with van der Waals surface area (Å²) in [5.41, 5.74) is 1.08. The fourth-order valence-electron chi connectivity index (χ4n) is 0.872. The molecular weight excluding hydrogens is 204 g/mol. The lowest BCUT2D eigenvalue weighted by Gasteiger charge is -2.01. The zero-order valence-electron chi connectivity index (χ0n) is 6.25. The standard InChI is InChI=1S/C9H9BrO/c1-11-9-5-3-2-4-8(9)6-7-10/h2-7H,1H3. The van der Waals surface area contributed by atoms with Gasteiger partial charge in [0, 0.05) is 5.56 Å². The summed E-state index contributed by atoms with van der Waals surface area (Å²) < 4.78 is 5.13. The molecular formula is C9H9BrO. The maximum atomic E-state index is 5.13. The molecule has 0 aliphatic carbocycles. The van der Waals surface area contributed by atoms with Gasteiger partial charge in [0.05, 0.1) is 7.11 Å². The van der Waals surface area contributed by atoms with E-state index in [0.717, 1.165) is 11.3 Å². The number of methoxy groups -OCH3 is 1. The molecule has 0 aromatic heterocycles. The Labute approximate surface area is 74.8 Å². The van der Waals surface area contributed by atoms with E-state index in [-0.39, 0.29) is 0 Å². The second-order valence-corrected chi connectivity index (χ2v) is 2.56. The molecule has 0 heterocycles. The van der Waals surface area contributed by atoms with Gasteiger partial charge in [0.1, 0.15) is 5.75 Å². The Morgan fingerprint density at radius 3 is 2.73 bits per heavy atom. The first-order valence-electron chi connectivity index (χ1n) is 3.28. The van der Waals surface area contributed by atoms with Crippen LogP contribution in [-0.4, -0.2) is 7.11 Å². The first-order valence-corrected chi connectivity index (χ1v) is 4.20. The summed E-state index contributed by atoms with van der Waals surface area (Å²) >= 11 is 3.21. The average molecular weight is 213 g/mol. The van der Waals surface area contributed by atoms with Crippen molar-refractivity contribution in [3.63, 3.8) is 0 Å². The number of benzene rings is 1. The molecule has 0 saturated carbocycles. The van der Waals surface area contributed by atoms with Crippen LogP contribution in [-0.2, 0) is 0 Å². The van der Waals surface area contributed by atoms with Crippen LogP contribution in [0.5, 0.6) is 5.75 Å². The van der Waals surface area contributed by atoms with Crippen molar-refractivity contribution in [2.24, 2.45) is 0 Å². The predicted molar refractivity (Wildman–Crippen MR) is 51.0 cm³/mol. The molecule has 2 heteroatoms. The molecule has 0 fully saturated rings. The van der Waals surface area contributed by atoms with E-state index in [4.69, 9.17) is 4.74 Å². The number of para-hydroxylation sites is 1. The minimum absolute atomic E-state index is 0.892. The van der Waals surface area contributed by atoms with Gasteiger partial charge < -0.3 is 4.74 Å². The largest absolute Gasteiger partial charge is 0.496 e. The molecule has 0 aliphatic heterocycles. The van der Waals surface area contributed by atoms with Crippen molar-refractivity contribution in [3.05, 3.63) is 34.8 Å². The minimum Gasteiger partial charge on any atom is -0.496 e. The molecule has 11 heavy (non-hydrogen) atoms. The van der Waals surface area contributed by atoms with Gasteiger partial charge in [-0.3, -0.25) is 0 Å². The average Bonchev–Trinajstić information content (AvgIpc) is 2.06. The van der Waals surface area contributed by atoms with Crippen LogP contribution in [0.4, 0.5) is 0 Å². The highest BCUT2D eigenvalue weighted by Crippen LogP contribution is 2.18. The third-order valence-electron chi connectivity index (χ3n) is 1.38. The summed E-state index contributed by atoms with van der Waals surface area (Å²) in [7, 11) is 1.67. The fourth-order valence-corrected chi connectivity index (χ4v) is 1.16. The van der Waals surface area contributed by atoms with E-state index in [2.05, 4.69) is 15.9 Å².